The number of H-pyrrole nitrogens is 1. The molecule has 31 heavy (non-hydrogen) atoms. The van der Waals surface area contributed by atoms with E-state index >= 15 is 0 Å². The van der Waals surface area contributed by atoms with E-state index < -0.39 is 11.7 Å². The van der Waals surface area contributed by atoms with Gasteiger partial charge in [-0.25, -0.2) is 9.97 Å². The van der Waals surface area contributed by atoms with Gasteiger partial charge in [0.15, 0.2) is 5.82 Å². The number of aryl methyl sites for hydroxylation is 1. The van der Waals surface area contributed by atoms with Crippen molar-refractivity contribution in [2.75, 3.05) is 6.54 Å². The Labute approximate surface area is 177 Å². The zero-order chi connectivity index (χ0) is 21.6. The molecule has 0 amide bonds. The summed E-state index contributed by atoms with van der Waals surface area (Å²) in [5.41, 5.74) is 5.59. The standard InChI is InChI=1S/C24H21F3N4/c1-15-3-2-4-20-18(12-28-22(15)20)13-31-10-9-17-11-29-23(30-21(17)14-31)16-5-7-19(8-6-16)24(25,26)27/h2-8,11-12,28H,9-10,13-14H2,1H3. The summed E-state index contributed by atoms with van der Waals surface area (Å²) in [5, 5.41) is 1.24. The first-order valence-corrected chi connectivity index (χ1v) is 10.2. The lowest BCUT2D eigenvalue weighted by Gasteiger charge is -2.27. The van der Waals surface area contributed by atoms with E-state index in [4.69, 9.17) is 0 Å². The Morgan fingerprint density at radius 1 is 1.10 bits per heavy atom. The fourth-order valence-corrected chi connectivity index (χ4v) is 4.18. The molecule has 2 aromatic carbocycles. The highest BCUT2D eigenvalue weighted by molar-refractivity contribution is 5.85. The van der Waals surface area contributed by atoms with E-state index in [0.717, 1.165) is 42.9 Å². The molecule has 4 nitrogen and oxygen atoms in total. The van der Waals surface area contributed by atoms with Gasteiger partial charge in [0.25, 0.3) is 0 Å². The molecule has 7 heteroatoms. The van der Waals surface area contributed by atoms with Crippen molar-refractivity contribution < 1.29 is 13.2 Å². The van der Waals surface area contributed by atoms with E-state index in [1.807, 2.05) is 6.20 Å². The minimum atomic E-state index is -4.35. The minimum Gasteiger partial charge on any atom is -0.361 e. The molecule has 0 bridgehead atoms. The summed E-state index contributed by atoms with van der Waals surface area (Å²) in [6.07, 6.45) is 0.378. The Morgan fingerprint density at radius 3 is 2.68 bits per heavy atom. The van der Waals surface area contributed by atoms with E-state index in [1.165, 1.54) is 34.2 Å². The molecule has 0 aliphatic carbocycles. The van der Waals surface area contributed by atoms with Gasteiger partial charge < -0.3 is 4.98 Å². The van der Waals surface area contributed by atoms with Crippen LogP contribution in [0.5, 0.6) is 0 Å². The zero-order valence-electron chi connectivity index (χ0n) is 17.0. The first-order valence-electron chi connectivity index (χ1n) is 10.2. The van der Waals surface area contributed by atoms with Gasteiger partial charge in [0.1, 0.15) is 0 Å². The van der Waals surface area contributed by atoms with Crippen LogP contribution in [0, 0.1) is 6.92 Å². The second-order valence-electron chi connectivity index (χ2n) is 8.01. The van der Waals surface area contributed by atoms with Gasteiger partial charge in [0, 0.05) is 48.5 Å². The first-order chi connectivity index (χ1) is 14.9. The van der Waals surface area contributed by atoms with Gasteiger partial charge in [-0.05, 0) is 42.2 Å². The largest absolute Gasteiger partial charge is 0.416 e. The maximum Gasteiger partial charge on any atom is 0.416 e. The summed E-state index contributed by atoms with van der Waals surface area (Å²) >= 11 is 0. The molecule has 0 unspecified atom stereocenters. The molecule has 0 saturated heterocycles. The quantitative estimate of drug-likeness (QED) is 0.474. The minimum absolute atomic E-state index is 0.456. The third-order valence-corrected chi connectivity index (χ3v) is 5.90. The number of rotatable bonds is 3. The molecule has 0 spiro atoms. The second-order valence-corrected chi connectivity index (χ2v) is 8.01. The lowest BCUT2D eigenvalue weighted by Crippen LogP contribution is -2.31. The van der Waals surface area contributed by atoms with E-state index in [0.29, 0.717) is 17.9 Å². The van der Waals surface area contributed by atoms with Crippen molar-refractivity contribution in [3.8, 4) is 11.4 Å². The van der Waals surface area contributed by atoms with Gasteiger partial charge in [-0.3, -0.25) is 4.90 Å². The van der Waals surface area contributed by atoms with Crippen LogP contribution in [0.15, 0.2) is 54.9 Å². The lowest BCUT2D eigenvalue weighted by molar-refractivity contribution is -0.137. The number of hydrogen-bond donors (Lipinski definition) is 1. The summed E-state index contributed by atoms with van der Waals surface area (Å²) in [6.45, 7) is 4.50. The van der Waals surface area contributed by atoms with Gasteiger partial charge in [0.2, 0.25) is 0 Å². The highest BCUT2D eigenvalue weighted by Gasteiger charge is 2.30. The third kappa shape index (κ3) is 3.81. The predicted octanol–water partition coefficient (Wildman–Crippen LogP) is 5.51. The molecule has 2 aromatic heterocycles. The van der Waals surface area contributed by atoms with Crippen LogP contribution in [0.2, 0.25) is 0 Å². The molecule has 1 aliphatic rings. The number of nitrogens with zero attached hydrogens (tertiary/aromatic N) is 3. The van der Waals surface area contributed by atoms with Gasteiger partial charge in [-0.2, -0.15) is 13.2 Å². The van der Waals surface area contributed by atoms with Crippen LogP contribution in [0.25, 0.3) is 22.3 Å². The molecule has 3 heterocycles. The number of halogens is 3. The Kier molecular flexibility index (Phi) is 4.78. The van der Waals surface area contributed by atoms with Crippen molar-refractivity contribution in [1.29, 1.82) is 0 Å². The number of aromatic amines is 1. The van der Waals surface area contributed by atoms with Crippen LogP contribution in [-0.2, 0) is 25.7 Å². The highest BCUT2D eigenvalue weighted by atomic mass is 19.4. The number of fused-ring (bicyclic) bond motifs is 2. The van der Waals surface area contributed by atoms with E-state index in [9.17, 15) is 13.2 Å². The second kappa shape index (κ2) is 7.50. The maximum atomic E-state index is 12.8. The van der Waals surface area contributed by atoms with E-state index in [1.54, 1.807) is 0 Å². The third-order valence-electron chi connectivity index (χ3n) is 5.90. The summed E-state index contributed by atoms with van der Waals surface area (Å²) in [6, 6.07) is 11.3. The van der Waals surface area contributed by atoms with Crippen molar-refractivity contribution in [2.24, 2.45) is 0 Å². The maximum absolute atomic E-state index is 12.8. The number of benzene rings is 2. The topological polar surface area (TPSA) is 44.8 Å². The van der Waals surface area contributed by atoms with Crippen molar-refractivity contribution in [2.45, 2.75) is 32.6 Å². The summed E-state index contributed by atoms with van der Waals surface area (Å²) in [7, 11) is 0. The summed E-state index contributed by atoms with van der Waals surface area (Å²) in [5.74, 6) is 0.456. The molecule has 1 N–H and O–H groups in total. The molecule has 0 fully saturated rings. The average Bonchev–Trinajstić information content (AvgIpc) is 3.17. The van der Waals surface area contributed by atoms with Crippen molar-refractivity contribution in [3.63, 3.8) is 0 Å². The normalized spacial score (nSPS) is 14.7. The van der Waals surface area contributed by atoms with E-state index in [-0.39, 0.29) is 0 Å². The number of alkyl halides is 3. The predicted molar refractivity (Wildman–Crippen MR) is 113 cm³/mol. The van der Waals surface area contributed by atoms with Crippen LogP contribution < -0.4 is 0 Å². The molecular formula is C24H21F3N4. The SMILES string of the molecule is Cc1cccc2c(CN3CCc4cnc(-c5ccc(C(F)(F)F)cc5)nc4C3)c[nH]c12. The molecule has 158 valence electrons. The van der Waals surface area contributed by atoms with Crippen LogP contribution in [0.3, 0.4) is 0 Å². The molecule has 1 aliphatic heterocycles. The number of para-hydroxylation sites is 1. The number of aromatic nitrogens is 3. The van der Waals surface area contributed by atoms with Crippen LogP contribution in [0.1, 0.15) is 27.9 Å². The van der Waals surface area contributed by atoms with Crippen molar-refractivity contribution in [1.82, 2.24) is 19.9 Å². The Morgan fingerprint density at radius 2 is 1.90 bits per heavy atom. The van der Waals surface area contributed by atoms with Gasteiger partial charge >= 0.3 is 6.18 Å². The molecular weight excluding hydrogens is 401 g/mol. The lowest BCUT2D eigenvalue weighted by atomic mass is 10.0. The molecule has 0 radical (unpaired) electrons. The van der Waals surface area contributed by atoms with Crippen molar-refractivity contribution >= 4 is 10.9 Å². The van der Waals surface area contributed by atoms with Gasteiger partial charge in [-0.1, -0.05) is 30.3 Å². The highest BCUT2D eigenvalue weighted by Crippen LogP contribution is 2.31. The Hall–Kier alpha value is -3.19. The van der Waals surface area contributed by atoms with Gasteiger partial charge in [0.05, 0.1) is 11.3 Å². The van der Waals surface area contributed by atoms with Crippen LogP contribution in [0.4, 0.5) is 13.2 Å². The molecule has 0 atom stereocenters. The smallest absolute Gasteiger partial charge is 0.361 e. The van der Waals surface area contributed by atoms with Crippen LogP contribution >= 0.6 is 0 Å². The molecule has 4 aromatic rings. The molecule has 0 saturated carbocycles. The first kappa shape index (κ1) is 19.8. The number of nitrogens with one attached hydrogen (secondary N) is 1. The van der Waals surface area contributed by atoms with Crippen LogP contribution in [-0.4, -0.2) is 26.4 Å². The Balaban J connectivity index is 1.37. The fraction of sp³-hybridized carbons (Fsp3) is 0.250. The fourth-order valence-electron chi connectivity index (χ4n) is 4.18. The summed E-state index contributed by atoms with van der Waals surface area (Å²) < 4.78 is 38.5. The summed E-state index contributed by atoms with van der Waals surface area (Å²) in [4.78, 5) is 14.8. The Bertz CT molecular complexity index is 1240. The zero-order valence-corrected chi connectivity index (χ0v) is 17.0. The number of hydrogen-bond acceptors (Lipinski definition) is 3. The monoisotopic (exact) mass is 422 g/mol. The molecule has 5 rings (SSSR count). The van der Waals surface area contributed by atoms with E-state index in [2.05, 4.69) is 51.2 Å². The van der Waals surface area contributed by atoms with Gasteiger partial charge in [-0.15, -0.1) is 0 Å². The van der Waals surface area contributed by atoms with Crippen molar-refractivity contribution in [3.05, 3.63) is 82.8 Å². The average molecular weight is 422 g/mol.